The van der Waals surface area contributed by atoms with E-state index >= 15 is 0 Å². The second-order valence-corrected chi connectivity index (χ2v) is 8.54. The molecule has 1 amide bonds. The Labute approximate surface area is 156 Å². The van der Waals surface area contributed by atoms with Crippen molar-refractivity contribution in [1.82, 2.24) is 14.8 Å². The van der Waals surface area contributed by atoms with Gasteiger partial charge in [-0.1, -0.05) is 6.07 Å². The van der Waals surface area contributed by atoms with Gasteiger partial charge in [0.25, 0.3) is 0 Å². The number of amides is 1. The molecule has 142 valence electrons. The van der Waals surface area contributed by atoms with Crippen molar-refractivity contribution in [3.63, 3.8) is 0 Å². The van der Waals surface area contributed by atoms with Gasteiger partial charge in [-0.05, 0) is 62.2 Å². The summed E-state index contributed by atoms with van der Waals surface area (Å²) < 4.78 is 6.06. The molecular weight excluding hydrogens is 326 g/mol. The van der Waals surface area contributed by atoms with Crippen LogP contribution in [0.1, 0.15) is 38.3 Å². The van der Waals surface area contributed by atoms with Crippen LogP contribution >= 0.6 is 0 Å². The maximum atomic E-state index is 12.0. The molecule has 3 heterocycles. The fourth-order valence-electron chi connectivity index (χ4n) is 4.61. The van der Waals surface area contributed by atoms with Crippen molar-refractivity contribution in [2.75, 3.05) is 39.4 Å². The quantitative estimate of drug-likeness (QED) is 0.785. The molecular formula is C21H31N3O2. The van der Waals surface area contributed by atoms with Crippen molar-refractivity contribution in [3.05, 3.63) is 30.1 Å². The van der Waals surface area contributed by atoms with Gasteiger partial charge >= 0.3 is 0 Å². The van der Waals surface area contributed by atoms with E-state index in [2.05, 4.69) is 26.9 Å². The zero-order valence-corrected chi connectivity index (χ0v) is 15.9. The van der Waals surface area contributed by atoms with E-state index in [1.54, 1.807) is 6.92 Å². The van der Waals surface area contributed by atoms with Gasteiger partial charge in [0.05, 0.1) is 12.3 Å². The van der Waals surface area contributed by atoms with Crippen LogP contribution < -0.4 is 0 Å². The number of rotatable bonds is 6. The molecule has 5 heteroatoms. The number of hydrogen-bond acceptors (Lipinski definition) is 4. The Morgan fingerprint density at radius 3 is 2.73 bits per heavy atom. The first-order chi connectivity index (χ1) is 12.6. The molecule has 1 unspecified atom stereocenters. The molecule has 2 saturated heterocycles. The zero-order chi connectivity index (χ0) is 18.0. The SMILES string of the molecule is CC(=O)N1CC(COCC2CC2)C2(CCN(Cc3ccccn3)CC2)C1. The van der Waals surface area contributed by atoms with Crippen LogP contribution in [0.3, 0.4) is 0 Å². The standard InChI is InChI=1S/C21H31N3O2/c1-17(25)24-12-19(15-26-14-18-5-6-18)21(16-24)7-10-23(11-8-21)13-20-4-2-3-9-22-20/h2-4,9,18-19H,5-8,10-16H2,1H3. The molecule has 3 fully saturated rings. The second-order valence-electron chi connectivity index (χ2n) is 8.54. The molecule has 1 saturated carbocycles. The number of likely N-dealkylation sites (tertiary alicyclic amines) is 2. The summed E-state index contributed by atoms with van der Waals surface area (Å²) >= 11 is 0. The average Bonchev–Trinajstić information content (AvgIpc) is 3.40. The van der Waals surface area contributed by atoms with Crippen LogP contribution in [0.15, 0.2) is 24.4 Å². The molecule has 0 bridgehead atoms. The van der Waals surface area contributed by atoms with E-state index in [-0.39, 0.29) is 11.3 Å². The number of carbonyl (C=O) groups is 1. The Balaban J connectivity index is 1.35. The lowest BCUT2D eigenvalue weighted by Crippen LogP contribution is -2.45. The third-order valence-electron chi connectivity index (χ3n) is 6.59. The number of pyridine rings is 1. The van der Waals surface area contributed by atoms with Gasteiger partial charge in [0, 0.05) is 45.3 Å². The molecule has 26 heavy (non-hydrogen) atoms. The number of nitrogens with zero attached hydrogens (tertiary/aromatic N) is 3. The van der Waals surface area contributed by atoms with Crippen molar-refractivity contribution in [1.29, 1.82) is 0 Å². The van der Waals surface area contributed by atoms with E-state index in [1.807, 2.05) is 12.3 Å². The van der Waals surface area contributed by atoms with Gasteiger partial charge in [0.2, 0.25) is 5.91 Å². The third-order valence-corrected chi connectivity index (χ3v) is 6.59. The fourth-order valence-corrected chi connectivity index (χ4v) is 4.61. The van der Waals surface area contributed by atoms with Gasteiger partial charge in [-0.2, -0.15) is 0 Å². The molecule has 3 aliphatic rings. The first kappa shape index (κ1) is 17.9. The zero-order valence-electron chi connectivity index (χ0n) is 15.9. The fraction of sp³-hybridized carbons (Fsp3) is 0.714. The molecule has 1 spiro atoms. The van der Waals surface area contributed by atoms with Gasteiger partial charge in [-0.15, -0.1) is 0 Å². The van der Waals surface area contributed by atoms with Crippen LogP contribution in [-0.2, 0) is 16.1 Å². The molecule has 1 aliphatic carbocycles. The molecule has 1 aromatic rings. The Bertz CT molecular complexity index is 609. The lowest BCUT2D eigenvalue weighted by atomic mass is 9.71. The lowest BCUT2D eigenvalue weighted by Gasteiger charge is -2.42. The van der Waals surface area contributed by atoms with E-state index in [4.69, 9.17) is 4.74 Å². The molecule has 0 N–H and O–H groups in total. The largest absolute Gasteiger partial charge is 0.381 e. The normalized spacial score (nSPS) is 25.7. The predicted molar refractivity (Wildman–Crippen MR) is 100 cm³/mol. The van der Waals surface area contributed by atoms with Crippen molar-refractivity contribution < 1.29 is 9.53 Å². The van der Waals surface area contributed by atoms with Crippen LogP contribution in [-0.4, -0.2) is 60.1 Å². The minimum atomic E-state index is 0.213. The number of ether oxygens (including phenoxy) is 1. The highest BCUT2D eigenvalue weighted by Crippen LogP contribution is 2.45. The summed E-state index contributed by atoms with van der Waals surface area (Å²) in [7, 11) is 0. The highest BCUT2D eigenvalue weighted by molar-refractivity contribution is 5.73. The van der Waals surface area contributed by atoms with E-state index in [1.165, 1.54) is 12.8 Å². The summed E-state index contributed by atoms with van der Waals surface area (Å²) in [5, 5.41) is 0. The second kappa shape index (κ2) is 7.65. The lowest BCUT2D eigenvalue weighted by molar-refractivity contribution is -0.128. The van der Waals surface area contributed by atoms with E-state index in [0.717, 1.165) is 70.4 Å². The number of aromatic nitrogens is 1. The molecule has 0 radical (unpaired) electrons. The summed E-state index contributed by atoms with van der Waals surface area (Å²) in [4.78, 5) is 21.0. The van der Waals surface area contributed by atoms with Gasteiger partial charge in [0.1, 0.15) is 0 Å². The summed E-state index contributed by atoms with van der Waals surface area (Å²) in [6.07, 6.45) is 6.84. The summed E-state index contributed by atoms with van der Waals surface area (Å²) in [5.74, 6) is 1.50. The van der Waals surface area contributed by atoms with Gasteiger partial charge in [-0.25, -0.2) is 0 Å². The first-order valence-electron chi connectivity index (χ1n) is 10.1. The minimum Gasteiger partial charge on any atom is -0.381 e. The van der Waals surface area contributed by atoms with Crippen LogP contribution in [0.5, 0.6) is 0 Å². The van der Waals surface area contributed by atoms with Crippen LogP contribution in [0.4, 0.5) is 0 Å². The maximum Gasteiger partial charge on any atom is 0.219 e. The summed E-state index contributed by atoms with van der Waals surface area (Å²) in [5.41, 5.74) is 1.39. The minimum absolute atomic E-state index is 0.213. The third kappa shape index (κ3) is 4.09. The predicted octanol–water partition coefficient (Wildman–Crippen LogP) is 2.57. The Morgan fingerprint density at radius 2 is 2.08 bits per heavy atom. The van der Waals surface area contributed by atoms with Crippen LogP contribution in [0.2, 0.25) is 0 Å². The van der Waals surface area contributed by atoms with Crippen LogP contribution in [0.25, 0.3) is 0 Å². The molecule has 5 nitrogen and oxygen atoms in total. The van der Waals surface area contributed by atoms with Crippen molar-refractivity contribution in [2.24, 2.45) is 17.3 Å². The molecule has 4 rings (SSSR count). The Kier molecular flexibility index (Phi) is 5.28. The summed E-state index contributed by atoms with van der Waals surface area (Å²) in [6, 6.07) is 6.13. The van der Waals surface area contributed by atoms with Gasteiger partial charge in [0.15, 0.2) is 0 Å². The smallest absolute Gasteiger partial charge is 0.219 e. The Morgan fingerprint density at radius 1 is 1.27 bits per heavy atom. The van der Waals surface area contributed by atoms with E-state index in [0.29, 0.717) is 5.92 Å². The monoisotopic (exact) mass is 357 g/mol. The highest BCUT2D eigenvalue weighted by atomic mass is 16.5. The van der Waals surface area contributed by atoms with E-state index in [9.17, 15) is 4.79 Å². The van der Waals surface area contributed by atoms with Crippen LogP contribution in [0, 0.1) is 17.3 Å². The Hall–Kier alpha value is -1.46. The molecule has 1 atom stereocenters. The molecule has 2 aliphatic heterocycles. The average molecular weight is 357 g/mol. The summed E-state index contributed by atoms with van der Waals surface area (Å²) in [6.45, 7) is 8.33. The van der Waals surface area contributed by atoms with E-state index < -0.39 is 0 Å². The topological polar surface area (TPSA) is 45.7 Å². The van der Waals surface area contributed by atoms with Crippen molar-refractivity contribution in [3.8, 4) is 0 Å². The molecule has 1 aromatic heterocycles. The van der Waals surface area contributed by atoms with Gasteiger partial charge in [-0.3, -0.25) is 14.7 Å². The number of piperidine rings is 1. The molecule has 0 aromatic carbocycles. The first-order valence-corrected chi connectivity index (χ1v) is 10.1. The maximum absolute atomic E-state index is 12.0. The number of carbonyl (C=O) groups excluding carboxylic acids is 1. The highest BCUT2D eigenvalue weighted by Gasteiger charge is 2.48. The van der Waals surface area contributed by atoms with Crippen molar-refractivity contribution in [2.45, 2.75) is 39.2 Å². The van der Waals surface area contributed by atoms with Gasteiger partial charge < -0.3 is 9.64 Å². The number of hydrogen-bond donors (Lipinski definition) is 0. The van der Waals surface area contributed by atoms with Crippen molar-refractivity contribution >= 4 is 5.91 Å².